The molecule has 0 spiro atoms. The topological polar surface area (TPSA) is 240 Å². The van der Waals surface area contributed by atoms with Gasteiger partial charge in [0, 0.05) is 33.2 Å². The molecule has 8 N–H and O–H groups in total. The first kappa shape index (κ1) is 65.0. The van der Waals surface area contributed by atoms with Gasteiger partial charge in [-0.25, -0.2) is 19.2 Å². The minimum absolute atomic E-state index is 0.202. The molecular formula is C51H101N3O12. The van der Waals surface area contributed by atoms with E-state index >= 15 is 0 Å². The fourth-order valence-corrected chi connectivity index (χ4v) is 12.9. The van der Waals surface area contributed by atoms with Crippen molar-refractivity contribution in [3.05, 3.63) is 0 Å². The highest BCUT2D eigenvalue weighted by molar-refractivity contribution is 5.54. The number of rotatable bonds is 17. The van der Waals surface area contributed by atoms with E-state index in [4.69, 9.17) is 60.0 Å². The van der Waals surface area contributed by atoms with Crippen LogP contribution in [0.2, 0.25) is 0 Å². The summed E-state index contributed by atoms with van der Waals surface area (Å²) in [6.45, 7) is 35.8. The van der Waals surface area contributed by atoms with Crippen LogP contribution in [0.15, 0.2) is 0 Å². The van der Waals surface area contributed by atoms with E-state index < -0.39 is 24.6 Å². The molecule has 1 atom stereocenters. The van der Waals surface area contributed by atoms with Crippen molar-refractivity contribution in [1.29, 1.82) is 0 Å². The predicted octanol–water partition coefficient (Wildman–Crippen LogP) is 14.3. The molecule has 3 aliphatic heterocycles. The summed E-state index contributed by atoms with van der Waals surface area (Å²) in [7, 11) is 7.31. The summed E-state index contributed by atoms with van der Waals surface area (Å²) in [6.07, 6.45) is 19.2. The highest BCUT2D eigenvalue weighted by atomic mass is 16.6. The molecule has 1 unspecified atom stereocenters. The normalized spacial score (nSPS) is 22.0. The van der Waals surface area contributed by atoms with Gasteiger partial charge in [-0.15, -0.1) is 0 Å². The summed E-state index contributed by atoms with van der Waals surface area (Å²) in [5.74, 6) is 3.07. The zero-order valence-electron chi connectivity index (χ0n) is 44.8. The van der Waals surface area contributed by atoms with Crippen molar-refractivity contribution in [2.24, 2.45) is 29.1 Å². The molecule has 0 radical (unpaired) electrons. The molecule has 3 aliphatic rings. The van der Waals surface area contributed by atoms with Crippen LogP contribution >= 0.6 is 0 Å². The minimum Gasteiger partial charge on any atom is -0.450 e. The summed E-state index contributed by atoms with van der Waals surface area (Å²) in [6, 6.07) is 0. The van der Waals surface area contributed by atoms with Crippen molar-refractivity contribution in [3.8, 4) is 0 Å². The van der Waals surface area contributed by atoms with Gasteiger partial charge in [-0.1, -0.05) is 84.5 Å². The van der Waals surface area contributed by atoms with Gasteiger partial charge >= 0.3 is 24.6 Å². The Kier molecular flexibility index (Phi) is 27.4. The molecule has 0 aliphatic carbocycles. The number of carboxylic acid groups (broad SMARTS) is 8. The van der Waals surface area contributed by atoms with Crippen LogP contribution in [-0.2, 0) is 0 Å². The quantitative estimate of drug-likeness (QED) is 0.0633. The molecule has 3 fully saturated rings. The Balaban J connectivity index is 0. The summed E-state index contributed by atoms with van der Waals surface area (Å²) in [5.41, 5.74) is 1.60. The standard InChI is InChI=1S/C47H93N3.4CH2O3/c1-18-20-22-23-24-25-26-27-28-29-40(37-31-41(3,4)48(15)42(5,6)32-37)47(30-21-19-2,38-33-43(7,8)49(16)44(9,10)34-38)39-35-45(11,12)50(17)46(13,14)36-39;4*2-1(3)4/h37-40H,18-36H2,1-17H3;4*(H2,2,3,4). The molecule has 0 aromatic rings. The lowest BCUT2D eigenvalue weighted by Gasteiger charge is -2.67. The van der Waals surface area contributed by atoms with Crippen molar-refractivity contribution in [2.45, 2.75) is 252 Å². The Bertz CT molecular complexity index is 1290. The summed E-state index contributed by atoms with van der Waals surface area (Å²) >= 11 is 0. The lowest BCUT2D eigenvalue weighted by Crippen LogP contribution is -2.67. The van der Waals surface area contributed by atoms with Gasteiger partial charge in [0.15, 0.2) is 0 Å². The third kappa shape index (κ3) is 21.5. The largest absolute Gasteiger partial charge is 0.503 e. The third-order valence-corrected chi connectivity index (χ3v) is 16.3. The Morgan fingerprint density at radius 2 is 0.652 bits per heavy atom. The molecule has 3 heterocycles. The van der Waals surface area contributed by atoms with E-state index in [1.807, 2.05) is 0 Å². The van der Waals surface area contributed by atoms with Crippen LogP contribution in [0.4, 0.5) is 19.2 Å². The number of unbranched alkanes of at least 4 members (excludes halogenated alkanes) is 9. The first-order valence-electron chi connectivity index (χ1n) is 24.7. The zero-order valence-corrected chi connectivity index (χ0v) is 44.8. The van der Waals surface area contributed by atoms with Gasteiger partial charge in [-0.3, -0.25) is 14.7 Å². The van der Waals surface area contributed by atoms with Crippen LogP contribution < -0.4 is 0 Å². The molecule has 3 saturated heterocycles. The van der Waals surface area contributed by atoms with Gasteiger partial charge in [-0.05, 0) is 185 Å². The van der Waals surface area contributed by atoms with Gasteiger partial charge in [0.25, 0.3) is 0 Å². The number of likely N-dealkylation sites (tertiary alicyclic amines) is 3. The van der Waals surface area contributed by atoms with Gasteiger partial charge in [0.05, 0.1) is 0 Å². The highest BCUT2D eigenvalue weighted by Crippen LogP contribution is 2.65. The second-order valence-electron chi connectivity index (χ2n) is 23.5. The lowest BCUT2D eigenvalue weighted by molar-refractivity contribution is -0.169. The van der Waals surface area contributed by atoms with E-state index in [-0.39, 0.29) is 33.2 Å². The first-order valence-corrected chi connectivity index (χ1v) is 24.7. The summed E-state index contributed by atoms with van der Waals surface area (Å²) < 4.78 is 0. The molecule has 0 aromatic heterocycles. The second kappa shape index (κ2) is 27.8. The SMILES string of the molecule is CCCCCCCCCCCC(C1CC(C)(C)N(C)C(C)(C)C1)C(CCCC)(C1CC(C)(C)N(C)C(C)(C)C1)C1CC(C)(C)N(C)C(C)(C)C1.O=C(O)O.O=C(O)O.O=C(O)O.O=C(O)O. The molecule has 0 saturated carbocycles. The van der Waals surface area contributed by atoms with Gasteiger partial charge < -0.3 is 40.9 Å². The van der Waals surface area contributed by atoms with Crippen molar-refractivity contribution in [1.82, 2.24) is 14.7 Å². The smallest absolute Gasteiger partial charge is 0.450 e. The maximum absolute atomic E-state index is 8.56. The highest BCUT2D eigenvalue weighted by Gasteiger charge is 2.61. The third-order valence-electron chi connectivity index (χ3n) is 16.3. The maximum atomic E-state index is 8.56. The molecule has 3 rings (SSSR count). The molecule has 15 nitrogen and oxygen atoms in total. The Morgan fingerprint density at radius 3 is 0.909 bits per heavy atom. The van der Waals surface area contributed by atoms with Crippen LogP contribution in [0.5, 0.6) is 0 Å². The fraction of sp³-hybridized carbons (Fsp3) is 0.922. The molecule has 15 heteroatoms. The number of piperidine rings is 3. The average molecular weight is 948 g/mol. The Morgan fingerprint density at radius 1 is 0.424 bits per heavy atom. The van der Waals surface area contributed by atoms with Crippen LogP contribution in [0.25, 0.3) is 0 Å². The Labute approximate surface area is 400 Å². The average Bonchev–Trinajstić information content (AvgIpc) is 3.12. The van der Waals surface area contributed by atoms with Crippen molar-refractivity contribution >= 4 is 24.6 Å². The summed E-state index contributed by atoms with van der Waals surface area (Å²) in [5, 5.41) is 55.8. The first-order chi connectivity index (χ1) is 29.8. The molecule has 392 valence electrons. The van der Waals surface area contributed by atoms with E-state index in [0.29, 0.717) is 5.41 Å². The van der Waals surface area contributed by atoms with Gasteiger partial charge in [0.2, 0.25) is 0 Å². The lowest BCUT2D eigenvalue weighted by atomic mass is 9.45. The second-order valence-corrected chi connectivity index (χ2v) is 23.5. The van der Waals surface area contributed by atoms with E-state index in [1.165, 1.54) is 122 Å². The molecule has 0 aromatic carbocycles. The van der Waals surface area contributed by atoms with Gasteiger partial charge in [-0.2, -0.15) is 0 Å². The number of nitrogens with zero attached hydrogens (tertiary/aromatic N) is 3. The van der Waals surface area contributed by atoms with E-state index in [2.05, 4.69) is 133 Å². The molecule has 0 bridgehead atoms. The zero-order chi connectivity index (χ0) is 52.3. The van der Waals surface area contributed by atoms with Crippen LogP contribution in [0.1, 0.15) is 219 Å². The van der Waals surface area contributed by atoms with Gasteiger partial charge in [0.1, 0.15) is 0 Å². The van der Waals surface area contributed by atoms with E-state index in [0.717, 1.165) is 23.7 Å². The molecule has 0 amide bonds. The Hall–Kier alpha value is -3.04. The van der Waals surface area contributed by atoms with Crippen LogP contribution in [-0.4, -0.2) is 135 Å². The number of hydrogen-bond acceptors (Lipinski definition) is 7. The fourth-order valence-electron chi connectivity index (χ4n) is 12.9. The monoisotopic (exact) mass is 948 g/mol. The number of hydrogen-bond donors (Lipinski definition) is 8. The summed E-state index contributed by atoms with van der Waals surface area (Å²) in [4.78, 5) is 42.5. The van der Waals surface area contributed by atoms with Crippen molar-refractivity contribution in [3.63, 3.8) is 0 Å². The van der Waals surface area contributed by atoms with E-state index in [1.54, 1.807) is 0 Å². The van der Waals surface area contributed by atoms with Crippen LogP contribution in [0.3, 0.4) is 0 Å². The number of carbonyl (C=O) groups is 4. The van der Waals surface area contributed by atoms with E-state index in [9.17, 15) is 0 Å². The predicted molar refractivity (Wildman–Crippen MR) is 266 cm³/mol. The van der Waals surface area contributed by atoms with Crippen molar-refractivity contribution in [2.75, 3.05) is 21.1 Å². The van der Waals surface area contributed by atoms with Crippen LogP contribution in [0, 0.1) is 29.1 Å². The minimum atomic E-state index is -1.83. The van der Waals surface area contributed by atoms with Crippen molar-refractivity contribution < 1.29 is 60.0 Å². The maximum Gasteiger partial charge on any atom is 0.503 e. The molecular weight excluding hydrogens is 847 g/mol. The molecule has 66 heavy (non-hydrogen) atoms.